The third-order valence-electron chi connectivity index (χ3n) is 4.30. The minimum Gasteiger partial charge on any atom is -0.326 e. The molecular formula is C16H15N3O5. The number of imide groups is 2. The Morgan fingerprint density at radius 2 is 1.92 bits per heavy atom. The van der Waals surface area contributed by atoms with E-state index in [1.165, 1.54) is 26.0 Å². The van der Waals surface area contributed by atoms with E-state index in [9.17, 15) is 24.0 Å². The van der Waals surface area contributed by atoms with Crippen LogP contribution in [0.5, 0.6) is 0 Å². The molecular weight excluding hydrogens is 314 g/mol. The van der Waals surface area contributed by atoms with Gasteiger partial charge in [0.2, 0.25) is 11.8 Å². The molecule has 124 valence electrons. The van der Waals surface area contributed by atoms with Gasteiger partial charge >= 0.3 is 0 Å². The second kappa shape index (κ2) is 5.26. The fourth-order valence-corrected chi connectivity index (χ4v) is 3.04. The molecule has 0 saturated carbocycles. The molecule has 2 aliphatic heterocycles. The Morgan fingerprint density at radius 3 is 2.54 bits per heavy atom. The molecule has 0 bridgehead atoms. The van der Waals surface area contributed by atoms with Gasteiger partial charge in [-0.1, -0.05) is 6.07 Å². The number of fused-ring (bicyclic) bond motifs is 1. The lowest BCUT2D eigenvalue weighted by atomic mass is 9.89. The van der Waals surface area contributed by atoms with Crippen molar-refractivity contribution in [1.82, 2.24) is 10.2 Å². The molecule has 3 rings (SSSR count). The van der Waals surface area contributed by atoms with Crippen LogP contribution in [0.15, 0.2) is 18.2 Å². The van der Waals surface area contributed by atoms with Crippen LogP contribution in [0.2, 0.25) is 0 Å². The molecule has 2 heterocycles. The van der Waals surface area contributed by atoms with Crippen LogP contribution in [0.4, 0.5) is 5.69 Å². The summed E-state index contributed by atoms with van der Waals surface area (Å²) >= 11 is 0. The number of nitrogens with one attached hydrogen (secondary N) is 2. The summed E-state index contributed by atoms with van der Waals surface area (Å²) in [4.78, 5) is 61.4. The fraction of sp³-hybridized carbons (Fsp3) is 0.312. The van der Waals surface area contributed by atoms with Gasteiger partial charge in [0.15, 0.2) is 0 Å². The number of piperidine rings is 1. The molecule has 0 aliphatic carbocycles. The molecule has 2 aliphatic rings. The highest BCUT2D eigenvalue weighted by molar-refractivity contribution is 6.26. The SMILES string of the molecule is CC(=O)Nc1cccc2c1C(=O)N(C1(C)CCC(=O)NC1=O)C2=O. The van der Waals surface area contributed by atoms with Crippen LogP contribution >= 0.6 is 0 Å². The third kappa shape index (κ3) is 2.18. The Hall–Kier alpha value is -3.03. The molecule has 8 nitrogen and oxygen atoms in total. The zero-order valence-corrected chi connectivity index (χ0v) is 13.1. The second-order valence-corrected chi connectivity index (χ2v) is 6.01. The minimum absolute atomic E-state index is 0.0359. The van der Waals surface area contributed by atoms with Crippen molar-refractivity contribution < 1.29 is 24.0 Å². The van der Waals surface area contributed by atoms with Crippen molar-refractivity contribution in [3.05, 3.63) is 29.3 Å². The van der Waals surface area contributed by atoms with Crippen molar-refractivity contribution in [2.75, 3.05) is 5.32 Å². The highest BCUT2D eigenvalue weighted by Crippen LogP contribution is 2.36. The van der Waals surface area contributed by atoms with Gasteiger partial charge in [-0.2, -0.15) is 0 Å². The fourth-order valence-electron chi connectivity index (χ4n) is 3.04. The van der Waals surface area contributed by atoms with Gasteiger partial charge in [-0.3, -0.25) is 34.2 Å². The Kier molecular flexibility index (Phi) is 3.47. The maximum Gasteiger partial charge on any atom is 0.264 e. The average Bonchev–Trinajstić information content (AvgIpc) is 2.76. The zero-order chi connectivity index (χ0) is 17.6. The van der Waals surface area contributed by atoms with Gasteiger partial charge in [0, 0.05) is 13.3 Å². The maximum absolute atomic E-state index is 12.8. The quantitative estimate of drug-likeness (QED) is 0.764. The van der Waals surface area contributed by atoms with Crippen LogP contribution in [0.1, 0.15) is 47.4 Å². The molecule has 1 atom stereocenters. The molecule has 1 saturated heterocycles. The lowest BCUT2D eigenvalue weighted by molar-refractivity contribution is -0.141. The molecule has 5 amide bonds. The van der Waals surface area contributed by atoms with Crippen LogP contribution < -0.4 is 10.6 Å². The van der Waals surface area contributed by atoms with Gasteiger partial charge in [0.25, 0.3) is 17.7 Å². The van der Waals surface area contributed by atoms with E-state index in [0.29, 0.717) is 0 Å². The molecule has 8 heteroatoms. The number of carbonyl (C=O) groups excluding carboxylic acids is 5. The largest absolute Gasteiger partial charge is 0.326 e. The number of anilines is 1. The molecule has 1 aromatic carbocycles. The Morgan fingerprint density at radius 1 is 1.21 bits per heavy atom. The number of nitrogens with zero attached hydrogens (tertiary/aromatic N) is 1. The van der Waals surface area contributed by atoms with Crippen LogP contribution in [0.3, 0.4) is 0 Å². The molecule has 1 unspecified atom stereocenters. The normalized spacial score (nSPS) is 23.2. The van der Waals surface area contributed by atoms with Crippen molar-refractivity contribution in [2.24, 2.45) is 0 Å². The molecule has 0 spiro atoms. The lowest BCUT2D eigenvalue weighted by Gasteiger charge is -2.38. The number of carbonyl (C=O) groups is 5. The smallest absolute Gasteiger partial charge is 0.264 e. The maximum atomic E-state index is 12.8. The van der Waals surface area contributed by atoms with E-state index in [1.807, 2.05) is 0 Å². The number of hydrogen-bond donors (Lipinski definition) is 2. The highest BCUT2D eigenvalue weighted by Gasteiger charge is 2.53. The highest BCUT2D eigenvalue weighted by atomic mass is 16.2. The predicted molar refractivity (Wildman–Crippen MR) is 82.0 cm³/mol. The summed E-state index contributed by atoms with van der Waals surface area (Å²) < 4.78 is 0. The first kappa shape index (κ1) is 15.9. The van der Waals surface area contributed by atoms with Crippen LogP contribution in [-0.2, 0) is 14.4 Å². The first-order chi connectivity index (χ1) is 11.3. The average molecular weight is 329 g/mol. The first-order valence-corrected chi connectivity index (χ1v) is 7.39. The summed E-state index contributed by atoms with van der Waals surface area (Å²) in [5.74, 6) is -2.78. The van der Waals surface area contributed by atoms with E-state index < -0.39 is 29.2 Å². The van der Waals surface area contributed by atoms with Crippen LogP contribution in [-0.4, -0.2) is 40.0 Å². The van der Waals surface area contributed by atoms with Crippen LogP contribution in [0.25, 0.3) is 0 Å². The van der Waals surface area contributed by atoms with Gasteiger partial charge in [-0.15, -0.1) is 0 Å². The molecule has 0 aromatic heterocycles. The van der Waals surface area contributed by atoms with E-state index in [0.717, 1.165) is 4.90 Å². The summed E-state index contributed by atoms with van der Waals surface area (Å²) in [6.45, 7) is 2.74. The lowest BCUT2D eigenvalue weighted by Crippen LogP contribution is -2.62. The summed E-state index contributed by atoms with van der Waals surface area (Å²) in [6.07, 6.45) is 0.0901. The summed E-state index contributed by atoms with van der Waals surface area (Å²) in [5.41, 5.74) is -1.05. The van der Waals surface area contributed by atoms with Crippen molar-refractivity contribution in [3.63, 3.8) is 0 Å². The molecule has 1 aromatic rings. The Labute approximate surface area is 137 Å². The summed E-state index contributed by atoms with van der Waals surface area (Å²) in [5, 5.41) is 4.68. The Bertz CT molecular complexity index is 816. The molecule has 1 fully saturated rings. The standard InChI is InChI=1S/C16H15N3O5/c1-8(20)17-10-5-3-4-9-12(10)14(23)19(13(9)22)16(2)7-6-11(21)18-15(16)24/h3-5H,6-7H2,1-2H3,(H,17,20)(H,18,21,24). The monoisotopic (exact) mass is 329 g/mol. The summed E-state index contributed by atoms with van der Waals surface area (Å²) in [7, 11) is 0. The van der Waals surface area contributed by atoms with E-state index in [4.69, 9.17) is 0 Å². The van der Waals surface area contributed by atoms with Crippen LogP contribution in [0, 0.1) is 0 Å². The van der Waals surface area contributed by atoms with E-state index in [-0.39, 0.29) is 35.6 Å². The van der Waals surface area contributed by atoms with Crippen molar-refractivity contribution >= 4 is 35.2 Å². The van der Waals surface area contributed by atoms with E-state index in [1.54, 1.807) is 6.07 Å². The number of hydrogen-bond acceptors (Lipinski definition) is 5. The third-order valence-corrected chi connectivity index (χ3v) is 4.30. The number of benzene rings is 1. The van der Waals surface area contributed by atoms with Gasteiger partial charge in [0.05, 0.1) is 16.8 Å². The van der Waals surface area contributed by atoms with E-state index >= 15 is 0 Å². The first-order valence-electron chi connectivity index (χ1n) is 7.39. The number of rotatable bonds is 2. The predicted octanol–water partition coefficient (Wildman–Crippen LogP) is 0.436. The zero-order valence-electron chi connectivity index (χ0n) is 13.1. The topological polar surface area (TPSA) is 113 Å². The van der Waals surface area contributed by atoms with Gasteiger partial charge < -0.3 is 5.32 Å². The molecule has 0 radical (unpaired) electrons. The molecule has 2 N–H and O–H groups in total. The Balaban J connectivity index is 2.06. The molecule has 24 heavy (non-hydrogen) atoms. The van der Waals surface area contributed by atoms with Crippen molar-refractivity contribution in [1.29, 1.82) is 0 Å². The van der Waals surface area contributed by atoms with Crippen molar-refractivity contribution in [2.45, 2.75) is 32.2 Å². The number of amides is 5. The minimum atomic E-state index is -1.45. The second-order valence-electron chi connectivity index (χ2n) is 6.01. The van der Waals surface area contributed by atoms with Crippen molar-refractivity contribution in [3.8, 4) is 0 Å². The van der Waals surface area contributed by atoms with E-state index in [2.05, 4.69) is 10.6 Å². The van der Waals surface area contributed by atoms with Gasteiger partial charge in [0.1, 0.15) is 5.54 Å². The van der Waals surface area contributed by atoms with Gasteiger partial charge in [-0.05, 0) is 25.5 Å². The van der Waals surface area contributed by atoms with Gasteiger partial charge in [-0.25, -0.2) is 0 Å². The summed E-state index contributed by atoms with van der Waals surface area (Å²) in [6, 6.07) is 4.53.